The number of aryl methyl sites for hydroxylation is 1. The molecule has 0 atom stereocenters. The van der Waals surface area contributed by atoms with Crippen molar-refractivity contribution in [1.29, 1.82) is 0 Å². The van der Waals surface area contributed by atoms with Gasteiger partial charge in [-0.25, -0.2) is 0 Å². The van der Waals surface area contributed by atoms with Gasteiger partial charge in [-0.05, 0) is 55.8 Å². The molecule has 0 bridgehead atoms. The molecular formula is C25H29N2O4+. The number of piperazine rings is 1. The molecule has 3 aromatic rings. The molecule has 0 unspecified atom stereocenters. The van der Waals surface area contributed by atoms with Gasteiger partial charge in [-0.2, -0.15) is 0 Å². The predicted molar refractivity (Wildman–Crippen MR) is 118 cm³/mol. The first kappa shape index (κ1) is 19.9. The van der Waals surface area contributed by atoms with Gasteiger partial charge in [0.15, 0.2) is 5.76 Å². The second kappa shape index (κ2) is 8.27. The summed E-state index contributed by atoms with van der Waals surface area (Å²) in [7, 11) is 0. The Bertz CT molecular complexity index is 1110. The Hall–Kier alpha value is -2.99. The van der Waals surface area contributed by atoms with Crippen LogP contribution in [0.2, 0.25) is 0 Å². The van der Waals surface area contributed by atoms with E-state index in [1.807, 2.05) is 36.9 Å². The lowest BCUT2D eigenvalue weighted by Gasteiger charge is -2.32. The third kappa shape index (κ3) is 3.88. The predicted octanol–water partition coefficient (Wildman–Crippen LogP) is 2.62. The summed E-state index contributed by atoms with van der Waals surface area (Å²) in [6.07, 6.45) is 1.00. The Labute approximate surface area is 182 Å². The van der Waals surface area contributed by atoms with Crippen LogP contribution in [-0.4, -0.2) is 50.2 Å². The van der Waals surface area contributed by atoms with Gasteiger partial charge in [0.1, 0.15) is 23.6 Å². The number of benzene rings is 2. The Morgan fingerprint density at radius 1 is 1.16 bits per heavy atom. The maximum atomic E-state index is 13.2. The Morgan fingerprint density at radius 3 is 2.81 bits per heavy atom. The number of nitrogens with one attached hydrogen (secondary N) is 1. The third-order valence-corrected chi connectivity index (χ3v) is 6.38. The molecule has 1 amide bonds. The molecule has 5 rings (SSSR count). The summed E-state index contributed by atoms with van der Waals surface area (Å²) >= 11 is 0. The Morgan fingerprint density at radius 2 is 2.00 bits per heavy atom. The maximum Gasteiger partial charge on any atom is 0.290 e. The molecule has 0 aliphatic carbocycles. The van der Waals surface area contributed by atoms with Crippen LogP contribution in [0.4, 0.5) is 0 Å². The summed E-state index contributed by atoms with van der Waals surface area (Å²) in [6.45, 7) is 9.65. The minimum atomic E-state index is -0.0135. The van der Waals surface area contributed by atoms with Gasteiger partial charge in [0, 0.05) is 22.9 Å². The van der Waals surface area contributed by atoms with Gasteiger partial charge in [0.2, 0.25) is 0 Å². The van der Waals surface area contributed by atoms with E-state index in [0.717, 1.165) is 73.8 Å². The van der Waals surface area contributed by atoms with Crippen molar-refractivity contribution in [2.24, 2.45) is 0 Å². The quantitative estimate of drug-likeness (QED) is 0.688. The van der Waals surface area contributed by atoms with Crippen LogP contribution in [0.5, 0.6) is 11.5 Å². The molecule has 0 spiro atoms. The maximum absolute atomic E-state index is 13.2. The van der Waals surface area contributed by atoms with Crippen LogP contribution < -0.4 is 14.4 Å². The highest BCUT2D eigenvalue weighted by molar-refractivity contribution is 5.99. The lowest BCUT2D eigenvalue weighted by Crippen LogP contribution is -3.13. The fraction of sp³-hybridized carbons (Fsp3) is 0.400. The molecule has 31 heavy (non-hydrogen) atoms. The molecule has 2 aliphatic heterocycles. The van der Waals surface area contributed by atoms with E-state index in [1.54, 1.807) is 0 Å². The average molecular weight is 422 g/mol. The van der Waals surface area contributed by atoms with Crippen molar-refractivity contribution in [2.45, 2.75) is 26.8 Å². The van der Waals surface area contributed by atoms with Crippen LogP contribution in [0.25, 0.3) is 11.0 Å². The van der Waals surface area contributed by atoms with Crippen LogP contribution in [0.15, 0.2) is 40.8 Å². The molecule has 3 heterocycles. The number of nitrogens with zero attached hydrogens (tertiary/aromatic N) is 1. The average Bonchev–Trinajstić information content (AvgIpc) is 3.38. The van der Waals surface area contributed by atoms with Crippen molar-refractivity contribution >= 4 is 16.9 Å². The molecule has 6 nitrogen and oxygen atoms in total. The van der Waals surface area contributed by atoms with Crippen molar-refractivity contribution in [2.75, 3.05) is 39.4 Å². The fourth-order valence-electron chi connectivity index (χ4n) is 4.65. The van der Waals surface area contributed by atoms with Crippen LogP contribution >= 0.6 is 0 Å². The number of rotatable bonds is 5. The number of hydrogen-bond donors (Lipinski definition) is 1. The largest absolute Gasteiger partial charge is 0.494 e. The molecule has 0 saturated carbocycles. The van der Waals surface area contributed by atoms with E-state index in [4.69, 9.17) is 13.9 Å². The number of fused-ring (bicyclic) bond motifs is 2. The topological polar surface area (TPSA) is 56.3 Å². The van der Waals surface area contributed by atoms with Gasteiger partial charge in [-0.1, -0.05) is 0 Å². The zero-order valence-electron chi connectivity index (χ0n) is 18.2. The van der Waals surface area contributed by atoms with Gasteiger partial charge < -0.3 is 23.7 Å². The first-order chi connectivity index (χ1) is 15.1. The number of furan rings is 1. The molecule has 0 radical (unpaired) electrons. The van der Waals surface area contributed by atoms with Gasteiger partial charge in [0.05, 0.1) is 39.4 Å². The number of amides is 1. The zero-order valence-corrected chi connectivity index (χ0v) is 18.2. The number of carbonyl (C=O) groups excluding carboxylic acids is 1. The van der Waals surface area contributed by atoms with Gasteiger partial charge >= 0.3 is 0 Å². The van der Waals surface area contributed by atoms with Gasteiger partial charge in [-0.15, -0.1) is 0 Å². The molecule has 1 fully saturated rings. The number of carbonyl (C=O) groups is 1. The summed E-state index contributed by atoms with van der Waals surface area (Å²) in [5.41, 5.74) is 4.28. The number of hydrogen-bond acceptors (Lipinski definition) is 4. The van der Waals surface area contributed by atoms with E-state index in [0.29, 0.717) is 12.4 Å². The van der Waals surface area contributed by atoms with E-state index in [9.17, 15) is 4.79 Å². The lowest BCUT2D eigenvalue weighted by molar-refractivity contribution is -0.917. The van der Waals surface area contributed by atoms with Gasteiger partial charge in [0.25, 0.3) is 5.91 Å². The molecular weight excluding hydrogens is 392 g/mol. The molecule has 1 saturated heterocycles. The van der Waals surface area contributed by atoms with Gasteiger partial charge in [-0.3, -0.25) is 4.79 Å². The lowest BCUT2D eigenvalue weighted by atomic mass is 10.1. The molecule has 2 aliphatic rings. The SMILES string of the molecule is CCOc1ccc2oc(C(=O)N3CC[NH+](Cc4ccc5c(c4)CCO5)CC3)c(C)c2c1. The van der Waals surface area contributed by atoms with E-state index in [-0.39, 0.29) is 5.91 Å². The molecule has 1 N–H and O–H groups in total. The van der Waals surface area contributed by atoms with Crippen LogP contribution in [0.3, 0.4) is 0 Å². The van der Waals surface area contributed by atoms with Crippen molar-refractivity contribution < 1.29 is 23.6 Å². The first-order valence-corrected chi connectivity index (χ1v) is 11.2. The zero-order chi connectivity index (χ0) is 21.4. The van der Waals surface area contributed by atoms with E-state index in [2.05, 4.69) is 18.2 Å². The van der Waals surface area contributed by atoms with Crippen LogP contribution in [0, 0.1) is 6.92 Å². The van der Waals surface area contributed by atoms with Crippen molar-refractivity contribution in [1.82, 2.24) is 4.90 Å². The second-order valence-corrected chi connectivity index (χ2v) is 8.41. The summed E-state index contributed by atoms with van der Waals surface area (Å²) in [6, 6.07) is 12.3. The van der Waals surface area contributed by atoms with Crippen molar-refractivity contribution in [3.63, 3.8) is 0 Å². The van der Waals surface area contributed by atoms with E-state index in [1.165, 1.54) is 16.0 Å². The highest BCUT2D eigenvalue weighted by Crippen LogP contribution is 2.30. The van der Waals surface area contributed by atoms with Crippen molar-refractivity contribution in [3.05, 3.63) is 58.8 Å². The third-order valence-electron chi connectivity index (χ3n) is 6.38. The first-order valence-electron chi connectivity index (χ1n) is 11.2. The molecule has 1 aromatic heterocycles. The summed E-state index contributed by atoms with van der Waals surface area (Å²) in [5, 5.41) is 0.944. The Kier molecular flexibility index (Phi) is 5.32. The minimum Gasteiger partial charge on any atom is -0.494 e. The Balaban J connectivity index is 1.24. The van der Waals surface area contributed by atoms with E-state index >= 15 is 0 Å². The molecule has 162 valence electrons. The molecule has 2 aromatic carbocycles. The highest BCUT2D eigenvalue weighted by Gasteiger charge is 2.28. The normalized spacial score (nSPS) is 16.4. The van der Waals surface area contributed by atoms with Crippen LogP contribution in [0.1, 0.15) is 34.2 Å². The highest BCUT2D eigenvalue weighted by atomic mass is 16.5. The molecule has 6 heteroatoms. The minimum absolute atomic E-state index is 0.0135. The summed E-state index contributed by atoms with van der Waals surface area (Å²) < 4.78 is 17.1. The second-order valence-electron chi connectivity index (χ2n) is 8.41. The van der Waals surface area contributed by atoms with E-state index < -0.39 is 0 Å². The number of quaternary nitrogens is 1. The van der Waals surface area contributed by atoms with Crippen molar-refractivity contribution in [3.8, 4) is 11.5 Å². The fourth-order valence-corrected chi connectivity index (χ4v) is 4.65. The summed E-state index contributed by atoms with van der Waals surface area (Å²) in [5.74, 6) is 2.27. The smallest absolute Gasteiger partial charge is 0.290 e. The monoisotopic (exact) mass is 421 g/mol. The summed E-state index contributed by atoms with van der Waals surface area (Å²) in [4.78, 5) is 16.6. The number of ether oxygens (including phenoxy) is 2. The standard InChI is InChI=1S/C25H28N2O4/c1-3-29-20-5-7-23-21(15-20)17(2)24(31-23)25(28)27-11-9-26(10-12-27)16-18-4-6-22-19(14-18)8-13-30-22/h4-7,14-15H,3,8-13,16H2,1-2H3/p+1. The van der Waals surface area contributed by atoms with Crippen LogP contribution in [-0.2, 0) is 13.0 Å².